The third-order valence-electron chi connectivity index (χ3n) is 4.03. The Hall–Kier alpha value is -1.26. The number of rotatable bonds is 5. The summed E-state index contributed by atoms with van der Waals surface area (Å²) in [5.41, 5.74) is 0.878. The smallest absolute Gasteiger partial charge is 0.231 e. The second-order valence-corrected chi connectivity index (χ2v) is 5.44. The Balaban J connectivity index is 1.50. The standard InChI is InChI=1S/C15H21NO3/c17-13(9-16-8-11-3-1-2-4-11)12-5-6-14-15(7-12)19-10-18-14/h5-7,11,13,16-17H,1-4,8-10H2. The molecule has 2 aliphatic rings. The van der Waals surface area contributed by atoms with Gasteiger partial charge in [0.25, 0.3) is 0 Å². The topological polar surface area (TPSA) is 50.7 Å². The van der Waals surface area contributed by atoms with Crippen LogP contribution in [0.15, 0.2) is 18.2 Å². The molecule has 0 spiro atoms. The maximum absolute atomic E-state index is 10.2. The number of aliphatic hydroxyl groups is 1. The van der Waals surface area contributed by atoms with Crippen molar-refractivity contribution < 1.29 is 14.6 Å². The van der Waals surface area contributed by atoms with Crippen molar-refractivity contribution in [1.29, 1.82) is 0 Å². The van der Waals surface area contributed by atoms with Crippen molar-refractivity contribution >= 4 is 0 Å². The van der Waals surface area contributed by atoms with Gasteiger partial charge in [-0.3, -0.25) is 0 Å². The largest absolute Gasteiger partial charge is 0.454 e. The Bertz CT molecular complexity index is 429. The molecule has 1 saturated carbocycles. The minimum Gasteiger partial charge on any atom is -0.454 e. The van der Waals surface area contributed by atoms with Crippen molar-refractivity contribution in [3.8, 4) is 11.5 Å². The van der Waals surface area contributed by atoms with E-state index in [1.165, 1.54) is 25.7 Å². The van der Waals surface area contributed by atoms with Gasteiger partial charge in [0.05, 0.1) is 6.10 Å². The van der Waals surface area contributed by atoms with Gasteiger partial charge >= 0.3 is 0 Å². The summed E-state index contributed by atoms with van der Waals surface area (Å²) in [6, 6.07) is 5.62. The van der Waals surface area contributed by atoms with Crippen LogP contribution in [-0.2, 0) is 0 Å². The molecule has 1 atom stereocenters. The van der Waals surface area contributed by atoms with Crippen LogP contribution in [0.3, 0.4) is 0 Å². The lowest BCUT2D eigenvalue weighted by Crippen LogP contribution is -2.26. The number of benzene rings is 1. The summed E-state index contributed by atoms with van der Waals surface area (Å²) in [5.74, 6) is 2.28. The molecule has 1 heterocycles. The predicted octanol–water partition coefficient (Wildman–Crippen LogP) is 2.23. The van der Waals surface area contributed by atoms with Crippen LogP contribution in [0.2, 0.25) is 0 Å². The van der Waals surface area contributed by atoms with Crippen molar-refractivity contribution in [2.45, 2.75) is 31.8 Å². The highest BCUT2D eigenvalue weighted by Crippen LogP contribution is 2.34. The highest BCUT2D eigenvalue weighted by atomic mass is 16.7. The van der Waals surface area contributed by atoms with E-state index >= 15 is 0 Å². The quantitative estimate of drug-likeness (QED) is 0.855. The number of hydrogen-bond donors (Lipinski definition) is 2. The molecule has 1 aromatic rings. The van der Waals surface area contributed by atoms with Crippen LogP contribution in [0.25, 0.3) is 0 Å². The Kier molecular flexibility index (Phi) is 3.89. The first-order valence-electron chi connectivity index (χ1n) is 7.11. The van der Waals surface area contributed by atoms with E-state index in [1.807, 2.05) is 18.2 Å². The summed E-state index contributed by atoms with van der Waals surface area (Å²) in [6.07, 6.45) is 4.88. The summed E-state index contributed by atoms with van der Waals surface area (Å²) in [7, 11) is 0. The first kappa shape index (κ1) is 12.8. The molecule has 0 amide bonds. The highest BCUT2D eigenvalue weighted by Gasteiger charge is 2.18. The number of nitrogens with one attached hydrogen (secondary N) is 1. The van der Waals surface area contributed by atoms with Crippen LogP contribution in [0.1, 0.15) is 37.4 Å². The van der Waals surface area contributed by atoms with Gasteiger partial charge in [-0.1, -0.05) is 18.9 Å². The second kappa shape index (κ2) is 5.80. The average Bonchev–Trinajstić information content (AvgIpc) is 3.08. The van der Waals surface area contributed by atoms with Gasteiger partial charge in [0, 0.05) is 6.54 Å². The molecule has 0 saturated heterocycles. The zero-order chi connectivity index (χ0) is 13.1. The summed E-state index contributed by atoms with van der Waals surface area (Å²) < 4.78 is 10.6. The van der Waals surface area contributed by atoms with Crippen molar-refractivity contribution in [2.24, 2.45) is 5.92 Å². The van der Waals surface area contributed by atoms with E-state index in [1.54, 1.807) is 0 Å². The third-order valence-corrected chi connectivity index (χ3v) is 4.03. The van der Waals surface area contributed by atoms with Crippen LogP contribution in [0.5, 0.6) is 11.5 Å². The van der Waals surface area contributed by atoms with Gasteiger partial charge < -0.3 is 19.9 Å². The van der Waals surface area contributed by atoms with E-state index in [0.717, 1.165) is 29.5 Å². The maximum Gasteiger partial charge on any atom is 0.231 e. The number of hydrogen-bond acceptors (Lipinski definition) is 4. The van der Waals surface area contributed by atoms with Gasteiger partial charge in [-0.2, -0.15) is 0 Å². The van der Waals surface area contributed by atoms with E-state index in [4.69, 9.17) is 9.47 Å². The lowest BCUT2D eigenvalue weighted by molar-refractivity contribution is 0.169. The van der Waals surface area contributed by atoms with E-state index in [2.05, 4.69) is 5.32 Å². The van der Waals surface area contributed by atoms with Gasteiger partial charge in [0.2, 0.25) is 6.79 Å². The van der Waals surface area contributed by atoms with Crippen molar-refractivity contribution in [3.63, 3.8) is 0 Å². The predicted molar refractivity (Wildman–Crippen MR) is 72.4 cm³/mol. The van der Waals surface area contributed by atoms with Gasteiger partial charge in [-0.05, 0) is 43.0 Å². The number of ether oxygens (including phenoxy) is 2. The summed E-state index contributed by atoms with van der Waals surface area (Å²) in [4.78, 5) is 0. The molecule has 1 unspecified atom stereocenters. The molecular formula is C15H21NO3. The van der Waals surface area contributed by atoms with Gasteiger partial charge in [-0.25, -0.2) is 0 Å². The fourth-order valence-corrected chi connectivity index (χ4v) is 2.88. The minimum absolute atomic E-state index is 0.273. The SMILES string of the molecule is OC(CNCC1CCCC1)c1ccc2c(c1)OCO2. The molecule has 0 bridgehead atoms. The zero-order valence-electron chi connectivity index (χ0n) is 11.1. The first-order valence-corrected chi connectivity index (χ1v) is 7.11. The van der Waals surface area contributed by atoms with E-state index in [-0.39, 0.29) is 6.79 Å². The van der Waals surface area contributed by atoms with Crippen LogP contribution < -0.4 is 14.8 Å². The highest BCUT2D eigenvalue weighted by molar-refractivity contribution is 5.45. The first-order chi connectivity index (χ1) is 9.33. The van der Waals surface area contributed by atoms with Crippen molar-refractivity contribution in [3.05, 3.63) is 23.8 Å². The van der Waals surface area contributed by atoms with Crippen molar-refractivity contribution in [2.75, 3.05) is 19.9 Å². The summed E-state index contributed by atoms with van der Waals surface area (Å²) >= 11 is 0. The Morgan fingerprint density at radius 3 is 2.84 bits per heavy atom. The molecule has 4 heteroatoms. The minimum atomic E-state index is -0.490. The van der Waals surface area contributed by atoms with E-state index < -0.39 is 6.10 Å². The lowest BCUT2D eigenvalue weighted by Gasteiger charge is -2.15. The zero-order valence-corrected chi connectivity index (χ0v) is 11.1. The molecule has 0 aromatic heterocycles. The molecule has 2 N–H and O–H groups in total. The molecule has 1 aliphatic carbocycles. The second-order valence-electron chi connectivity index (χ2n) is 5.44. The van der Waals surface area contributed by atoms with Gasteiger partial charge in [0.15, 0.2) is 11.5 Å². The van der Waals surface area contributed by atoms with Crippen LogP contribution in [0.4, 0.5) is 0 Å². The molecule has 104 valence electrons. The maximum atomic E-state index is 10.2. The van der Waals surface area contributed by atoms with Crippen molar-refractivity contribution in [1.82, 2.24) is 5.32 Å². The molecule has 3 rings (SSSR count). The molecular weight excluding hydrogens is 242 g/mol. The molecule has 1 aliphatic heterocycles. The normalized spacial score (nSPS) is 19.8. The van der Waals surface area contributed by atoms with Gasteiger partial charge in [0.1, 0.15) is 0 Å². The monoisotopic (exact) mass is 263 g/mol. The summed E-state index contributed by atoms with van der Waals surface area (Å²) in [5, 5.41) is 13.5. The van der Waals surface area contributed by atoms with Crippen LogP contribution in [0, 0.1) is 5.92 Å². The Morgan fingerprint density at radius 1 is 1.21 bits per heavy atom. The Morgan fingerprint density at radius 2 is 2.00 bits per heavy atom. The van der Waals surface area contributed by atoms with E-state index in [0.29, 0.717) is 6.54 Å². The number of fused-ring (bicyclic) bond motifs is 1. The molecule has 1 fully saturated rings. The van der Waals surface area contributed by atoms with Gasteiger partial charge in [-0.15, -0.1) is 0 Å². The Labute approximate surface area is 113 Å². The fourth-order valence-electron chi connectivity index (χ4n) is 2.88. The molecule has 19 heavy (non-hydrogen) atoms. The lowest BCUT2D eigenvalue weighted by atomic mass is 10.1. The molecule has 0 radical (unpaired) electrons. The molecule has 1 aromatic carbocycles. The van der Waals surface area contributed by atoms with E-state index in [9.17, 15) is 5.11 Å². The fraction of sp³-hybridized carbons (Fsp3) is 0.600. The number of aliphatic hydroxyl groups excluding tert-OH is 1. The van der Waals surface area contributed by atoms with Crippen LogP contribution in [-0.4, -0.2) is 25.0 Å². The molecule has 4 nitrogen and oxygen atoms in total. The van der Waals surface area contributed by atoms with Crippen LogP contribution >= 0.6 is 0 Å². The summed E-state index contributed by atoms with van der Waals surface area (Å²) in [6.45, 7) is 1.88. The average molecular weight is 263 g/mol. The third kappa shape index (κ3) is 3.01.